The van der Waals surface area contributed by atoms with Crippen LogP contribution in [0.15, 0.2) is 84.4 Å². The van der Waals surface area contributed by atoms with Gasteiger partial charge in [-0.1, -0.05) is 74.0 Å². The predicted molar refractivity (Wildman–Crippen MR) is 132 cm³/mol. The maximum Gasteiger partial charge on any atom is 0.295 e. The monoisotopic (exact) mass is 455 g/mol. The fourth-order valence-corrected chi connectivity index (χ4v) is 4.27. The molecule has 0 saturated carbocycles. The lowest BCUT2D eigenvalue weighted by Gasteiger charge is -2.25. The van der Waals surface area contributed by atoms with Gasteiger partial charge in [0.1, 0.15) is 18.1 Å². The van der Waals surface area contributed by atoms with Crippen LogP contribution in [0.2, 0.25) is 0 Å². The number of ether oxygens (including phenoxy) is 1. The van der Waals surface area contributed by atoms with Crippen LogP contribution < -0.4 is 4.74 Å². The molecular formula is C29H29NO4. The van der Waals surface area contributed by atoms with Crippen molar-refractivity contribution in [2.75, 3.05) is 6.54 Å². The summed E-state index contributed by atoms with van der Waals surface area (Å²) in [5.41, 5.74) is 3.31. The van der Waals surface area contributed by atoms with Gasteiger partial charge in [0, 0.05) is 12.1 Å². The minimum atomic E-state index is -0.649. The highest BCUT2D eigenvalue weighted by molar-refractivity contribution is 6.46. The van der Waals surface area contributed by atoms with Crippen molar-refractivity contribution in [3.8, 4) is 5.75 Å². The number of carbonyl (C=O) groups is 2. The smallest absolute Gasteiger partial charge is 0.295 e. The SMILES string of the molecule is CCCCN1C(=O)C(=O)/C(=C(\O)c2ccc(OCc3ccccc3)c(C)c2)C1c1ccccc1. The Kier molecular flexibility index (Phi) is 7.12. The molecule has 5 nitrogen and oxygen atoms in total. The van der Waals surface area contributed by atoms with Crippen molar-refractivity contribution >= 4 is 17.4 Å². The van der Waals surface area contributed by atoms with E-state index in [1.807, 2.05) is 74.5 Å². The van der Waals surface area contributed by atoms with Crippen molar-refractivity contribution in [2.45, 2.75) is 39.3 Å². The van der Waals surface area contributed by atoms with Crippen LogP contribution in [0.25, 0.3) is 5.76 Å². The molecule has 0 spiro atoms. The number of likely N-dealkylation sites (tertiary alicyclic amines) is 1. The minimum Gasteiger partial charge on any atom is -0.507 e. The number of aliphatic hydroxyl groups is 1. The lowest BCUT2D eigenvalue weighted by atomic mass is 9.94. The van der Waals surface area contributed by atoms with E-state index < -0.39 is 17.7 Å². The molecule has 1 amide bonds. The van der Waals surface area contributed by atoms with Gasteiger partial charge in [-0.3, -0.25) is 9.59 Å². The minimum absolute atomic E-state index is 0.129. The normalized spacial score (nSPS) is 17.2. The van der Waals surface area contributed by atoms with E-state index in [4.69, 9.17) is 4.74 Å². The number of hydrogen-bond acceptors (Lipinski definition) is 4. The zero-order valence-corrected chi connectivity index (χ0v) is 19.5. The first-order chi connectivity index (χ1) is 16.5. The highest BCUT2D eigenvalue weighted by Crippen LogP contribution is 2.40. The second-order valence-corrected chi connectivity index (χ2v) is 8.51. The molecule has 1 N–H and O–H groups in total. The van der Waals surface area contributed by atoms with Gasteiger partial charge in [0.2, 0.25) is 0 Å². The van der Waals surface area contributed by atoms with Gasteiger partial charge in [0.15, 0.2) is 0 Å². The number of hydrogen-bond donors (Lipinski definition) is 1. The number of aryl methyl sites for hydroxylation is 1. The van der Waals surface area contributed by atoms with E-state index in [0.717, 1.165) is 29.5 Å². The maximum absolute atomic E-state index is 13.1. The lowest BCUT2D eigenvalue weighted by molar-refractivity contribution is -0.139. The number of aliphatic hydroxyl groups excluding tert-OH is 1. The third kappa shape index (κ3) is 4.74. The summed E-state index contributed by atoms with van der Waals surface area (Å²) in [7, 11) is 0. The fourth-order valence-electron chi connectivity index (χ4n) is 4.27. The first-order valence-corrected chi connectivity index (χ1v) is 11.6. The molecule has 3 aromatic carbocycles. The van der Waals surface area contributed by atoms with Gasteiger partial charge in [0.05, 0.1) is 11.6 Å². The van der Waals surface area contributed by atoms with Crippen LogP contribution >= 0.6 is 0 Å². The summed E-state index contributed by atoms with van der Waals surface area (Å²) in [6.07, 6.45) is 1.68. The summed E-state index contributed by atoms with van der Waals surface area (Å²) < 4.78 is 5.95. The van der Waals surface area contributed by atoms with Gasteiger partial charge in [0.25, 0.3) is 11.7 Å². The van der Waals surface area contributed by atoms with E-state index in [-0.39, 0.29) is 11.3 Å². The molecule has 1 unspecified atom stereocenters. The summed E-state index contributed by atoms with van der Waals surface area (Å²) in [5.74, 6) is -0.680. The number of unbranched alkanes of at least 4 members (excludes halogenated alkanes) is 1. The molecule has 4 rings (SSSR count). The molecule has 1 saturated heterocycles. The predicted octanol–water partition coefficient (Wildman–Crippen LogP) is 5.80. The highest BCUT2D eigenvalue weighted by Gasteiger charge is 2.45. The largest absolute Gasteiger partial charge is 0.507 e. The number of benzene rings is 3. The maximum atomic E-state index is 13.1. The van der Waals surface area contributed by atoms with E-state index in [9.17, 15) is 14.7 Å². The van der Waals surface area contributed by atoms with Crippen LogP contribution in [-0.2, 0) is 16.2 Å². The zero-order chi connectivity index (χ0) is 24.1. The molecule has 174 valence electrons. The Morgan fingerprint density at radius 2 is 1.65 bits per heavy atom. The average Bonchev–Trinajstić information content (AvgIpc) is 3.12. The second-order valence-electron chi connectivity index (χ2n) is 8.51. The summed E-state index contributed by atoms with van der Waals surface area (Å²) in [4.78, 5) is 27.5. The van der Waals surface area contributed by atoms with Gasteiger partial charge in [-0.25, -0.2) is 0 Å². The molecule has 0 radical (unpaired) electrons. The molecule has 1 fully saturated rings. The number of ketones is 1. The molecular weight excluding hydrogens is 426 g/mol. The second kappa shape index (κ2) is 10.4. The third-order valence-electron chi connectivity index (χ3n) is 6.09. The quantitative estimate of drug-likeness (QED) is 0.265. The van der Waals surface area contributed by atoms with Crippen LogP contribution in [-0.4, -0.2) is 28.2 Å². The Hall–Kier alpha value is -3.86. The molecule has 0 bridgehead atoms. The number of rotatable bonds is 8. The van der Waals surface area contributed by atoms with E-state index in [2.05, 4.69) is 0 Å². The van der Waals surface area contributed by atoms with Crippen molar-refractivity contribution in [3.63, 3.8) is 0 Å². The molecule has 0 aromatic heterocycles. The molecule has 1 aliphatic rings. The molecule has 1 heterocycles. The Morgan fingerprint density at radius 1 is 0.971 bits per heavy atom. The number of Topliss-reactive ketones (excluding diaryl/α,β-unsaturated/α-hetero) is 1. The standard InChI is InChI=1S/C29H29NO4/c1-3-4-17-30-26(22-13-9-6-10-14-22)25(28(32)29(30)33)27(31)23-15-16-24(20(2)18-23)34-19-21-11-7-5-8-12-21/h5-16,18,26,31H,3-4,17,19H2,1-2H3/b27-25-. The number of amides is 1. The van der Waals surface area contributed by atoms with Crippen molar-refractivity contribution in [2.24, 2.45) is 0 Å². The fraction of sp³-hybridized carbons (Fsp3) is 0.241. The van der Waals surface area contributed by atoms with Crippen LogP contribution in [0.1, 0.15) is 48.1 Å². The van der Waals surface area contributed by atoms with Gasteiger partial charge in [-0.05, 0) is 48.2 Å². The molecule has 1 atom stereocenters. The Morgan fingerprint density at radius 3 is 2.29 bits per heavy atom. The first-order valence-electron chi connectivity index (χ1n) is 11.6. The van der Waals surface area contributed by atoms with Crippen LogP contribution in [0, 0.1) is 6.92 Å². The molecule has 1 aliphatic heterocycles. The van der Waals surface area contributed by atoms with E-state index >= 15 is 0 Å². The van der Waals surface area contributed by atoms with Crippen LogP contribution in [0.5, 0.6) is 5.75 Å². The molecule has 0 aliphatic carbocycles. The summed E-state index contributed by atoms with van der Waals surface area (Å²) in [5, 5.41) is 11.2. The third-order valence-corrected chi connectivity index (χ3v) is 6.09. The number of nitrogens with zero attached hydrogens (tertiary/aromatic N) is 1. The highest BCUT2D eigenvalue weighted by atomic mass is 16.5. The Balaban J connectivity index is 1.68. The Bertz CT molecular complexity index is 1200. The van der Waals surface area contributed by atoms with Gasteiger partial charge >= 0.3 is 0 Å². The van der Waals surface area contributed by atoms with Crippen molar-refractivity contribution in [3.05, 3.63) is 107 Å². The van der Waals surface area contributed by atoms with Crippen LogP contribution in [0.3, 0.4) is 0 Å². The van der Waals surface area contributed by atoms with E-state index in [1.165, 1.54) is 0 Å². The average molecular weight is 456 g/mol. The van der Waals surface area contributed by atoms with E-state index in [1.54, 1.807) is 23.1 Å². The Labute approximate surface area is 200 Å². The molecule has 34 heavy (non-hydrogen) atoms. The van der Waals surface area contributed by atoms with Gasteiger partial charge < -0.3 is 14.7 Å². The molecule has 3 aromatic rings. The van der Waals surface area contributed by atoms with Gasteiger partial charge in [-0.15, -0.1) is 0 Å². The molecule has 5 heteroatoms. The summed E-state index contributed by atoms with van der Waals surface area (Å²) >= 11 is 0. The van der Waals surface area contributed by atoms with Crippen molar-refractivity contribution in [1.82, 2.24) is 4.90 Å². The lowest BCUT2D eigenvalue weighted by Crippen LogP contribution is -2.30. The zero-order valence-electron chi connectivity index (χ0n) is 19.5. The first kappa shape index (κ1) is 23.3. The van der Waals surface area contributed by atoms with Gasteiger partial charge in [-0.2, -0.15) is 0 Å². The van der Waals surface area contributed by atoms with Crippen molar-refractivity contribution in [1.29, 1.82) is 0 Å². The van der Waals surface area contributed by atoms with E-state index in [0.29, 0.717) is 24.5 Å². The number of carbonyl (C=O) groups excluding carboxylic acids is 2. The summed E-state index contributed by atoms with van der Waals surface area (Å²) in [6, 6.07) is 24.0. The summed E-state index contributed by atoms with van der Waals surface area (Å²) in [6.45, 7) is 4.83. The van der Waals surface area contributed by atoms with Crippen LogP contribution in [0.4, 0.5) is 0 Å². The van der Waals surface area contributed by atoms with Crippen molar-refractivity contribution < 1.29 is 19.4 Å². The topological polar surface area (TPSA) is 66.8 Å².